The summed E-state index contributed by atoms with van der Waals surface area (Å²) in [6.07, 6.45) is 5.04. The number of nitrogens with zero attached hydrogens (tertiary/aromatic N) is 2. The van der Waals surface area contributed by atoms with Crippen LogP contribution in [0.1, 0.15) is 33.1 Å². The van der Waals surface area contributed by atoms with Gasteiger partial charge in [0.05, 0.1) is 11.9 Å². The number of nitrogens with one attached hydrogen (secondary N) is 1. The second-order valence-corrected chi connectivity index (χ2v) is 5.35. The predicted molar refractivity (Wildman–Crippen MR) is 72.3 cm³/mol. The maximum absolute atomic E-state index is 11.9. The van der Waals surface area contributed by atoms with E-state index in [1.807, 2.05) is 6.92 Å². The van der Waals surface area contributed by atoms with Crippen LogP contribution in [0.5, 0.6) is 0 Å². The number of hydrogen-bond acceptors (Lipinski definition) is 3. The number of aromatic nitrogens is 2. The Bertz CT molecular complexity index is 458. The van der Waals surface area contributed by atoms with Gasteiger partial charge in [-0.25, -0.2) is 4.68 Å². The third-order valence-electron chi connectivity index (χ3n) is 3.21. The first-order valence-electron chi connectivity index (χ1n) is 6.19. The molecule has 1 heterocycles. The highest BCUT2D eigenvalue weighted by atomic mass is 79.9. The number of rotatable bonds is 5. The lowest BCUT2D eigenvalue weighted by Crippen LogP contribution is -2.24. The lowest BCUT2D eigenvalue weighted by atomic mass is 10.3. The van der Waals surface area contributed by atoms with E-state index in [4.69, 9.17) is 0 Å². The molecule has 5 heteroatoms. The van der Waals surface area contributed by atoms with Gasteiger partial charge < -0.3 is 5.32 Å². The van der Waals surface area contributed by atoms with Crippen molar-refractivity contribution in [2.75, 3.05) is 5.32 Å². The van der Waals surface area contributed by atoms with E-state index in [1.165, 1.54) is 17.5 Å². The normalized spacial score (nSPS) is 22.5. The minimum absolute atomic E-state index is 0.0504. The Morgan fingerprint density at radius 3 is 2.94 bits per heavy atom. The Balaban J connectivity index is 2.14. The van der Waals surface area contributed by atoms with E-state index in [-0.39, 0.29) is 5.56 Å². The molecule has 0 aliphatic heterocycles. The summed E-state index contributed by atoms with van der Waals surface area (Å²) in [5.74, 6) is 0.750. The fourth-order valence-corrected chi connectivity index (χ4v) is 2.43. The fraction of sp³-hybridized carbons (Fsp3) is 0.667. The number of halogens is 1. The highest BCUT2D eigenvalue weighted by Gasteiger charge is 2.35. The van der Waals surface area contributed by atoms with E-state index in [0.29, 0.717) is 17.1 Å². The van der Waals surface area contributed by atoms with Crippen molar-refractivity contribution in [2.24, 2.45) is 5.92 Å². The second-order valence-electron chi connectivity index (χ2n) is 4.56. The molecule has 1 aromatic rings. The lowest BCUT2D eigenvalue weighted by Gasteiger charge is -2.09. The third kappa shape index (κ3) is 2.70. The van der Waals surface area contributed by atoms with Crippen LogP contribution in [0.15, 0.2) is 15.5 Å². The first-order chi connectivity index (χ1) is 8.17. The maximum atomic E-state index is 11.9. The van der Waals surface area contributed by atoms with E-state index in [9.17, 15) is 4.79 Å². The Labute approximate surface area is 110 Å². The molecule has 0 spiro atoms. The molecular weight excluding hydrogens is 282 g/mol. The van der Waals surface area contributed by atoms with Crippen LogP contribution in [0.4, 0.5) is 5.69 Å². The molecule has 0 aromatic carbocycles. The first-order valence-corrected chi connectivity index (χ1v) is 6.98. The van der Waals surface area contributed by atoms with Gasteiger partial charge in [-0.1, -0.05) is 20.3 Å². The molecule has 0 radical (unpaired) electrons. The van der Waals surface area contributed by atoms with Gasteiger partial charge in [0.2, 0.25) is 0 Å². The molecule has 1 aromatic heterocycles. The molecule has 1 fully saturated rings. The molecule has 1 aliphatic rings. The summed E-state index contributed by atoms with van der Waals surface area (Å²) in [5.41, 5.74) is 0.772. The Morgan fingerprint density at radius 1 is 1.59 bits per heavy atom. The van der Waals surface area contributed by atoms with E-state index < -0.39 is 0 Å². The van der Waals surface area contributed by atoms with E-state index >= 15 is 0 Å². The average Bonchev–Trinajstić information content (AvgIpc) is 3.07. The quantitative estimate of drug-likeness (QED) is 0.909. The van der Waals surface area contributed by atoms with Crippen LogP contribution in [-0.4, -0.2) is 15.8 Å². The summed E-state index contributed by atoms with van der Waals surface area (Å²) >= 11 is 3.36. The number of hydrogen-bond donors (Lipinski definition) is 1. The average molecular weight is 300 g/mol. The molecule has 1 N–H and O–H groups in total. The lowest BCUT2D eigenvalue weighted by molar-refractivity contribution is 0.565. The Morgan fingerprint density at radius 2 is 2.35 bits per heavy atom. The SMILES string of the molecule is CCCn1ncc(NC2CC2CC)c(Br)c1=O. The van der Waals surface area contributed by atoms with Crippen molar-refractivity contribution in [1.29, 1.82) is 0 Å². The van der Waals surface area contributed by atoms with Crippen molar-refractivity contribution in [3.63, 3.8) is 0 Å². The van der Waals surface area contributed by atoms with Gasteiger partial charge in [-0.2, -0.15) is 5.10 Å². The third-order valence-corrected chi connectivity index (χ3v) is 3.97. The van der Waals surface area contributed by atoms with Gasteiger partial charge in [0.1, 0.15) is 4.47 Å². The summed E-state index contributed by atoms with van der Waals surface area (Å²) in [7, 11) is 0. The molecule has 1 aliphatic carbocycles. The van der Waals surface area contributed by atoms with Crippen LogP contribution in [0.25, 0.3) is 0 Å². The highest BCUT2D eigenvalue weighted by molar-refractivity contribution is 9.10. The number of aryl methyl sites for hydroxylation is 1. The van der Waals surface area contributed by atoms with Crippen molar-refractivity contribution in [3.8, 4) is 0 Å². The molecule has 2 atom stereocenters. The topological polar surface area (TPSA) is 46.9 Å². The minimum Gasteiger partial charge on any atom is -0.380 e. The van der Waals surface area contributed by atoms with Crippen LogP contribution < -0.4 is 10.9 Å². The Hall–Kier alpha value is -0.840. The molecule has 4 nitrogen and oxygen atoms in total. The molecule has 17 heavy (non-hydrogen) atoms. The molecular formula is C12H18BrN3O. The smallest absolute Gasteiger partial charge is 0.283 e. The fourth-order valence-electron chi connectivity index (χ4n) is 2.01. The monoisotopic (exact) mass is 299 g/mol. The van der Waals surface area contributed by atoms with Gasteiger partial charge in [0.25, 0.3) is 5.56 Å². The first kappa shape index (κ1) is 12.6. The van der Waals surface area contributed by atoms with Gasteiger partial charge in [0, 0.05) is 12.6 Å². The maximum Gasteiger partial charge on any atom is 0.283 e. The molecule has 94 valence electrons. The molecule has 0 saturated heterocycles. The van der Waals surface area contributed by atoms with Crippen LogP contribution in [0.2, 0.25) is 0 Å². The van der Waals surface area contributed by atoms with Gasteiger partial charge in [0.15, 0.2) is 0 Å². The Kier molecular flexibility index (Phi) is 3.86. The summed E-state index contributed by atoms with van der Waals surface area (Å²) in [6, 6.07) is 0.513. The van der Waals surface area contributed by atoms with Crippen molar-refractivity contribution >= 4 is 21.6 Å². The van der Waals surface area contributed by atoms with Crippen LogP contribution in [0.3, 0.4) is 0 Å². The van der Waals surface area contributed by atoms with Crippen molar-refractivity contribution < 1.29 is 0 Å². The van der Waals surface area contributed by atoms with Crippen molar-refractivity contribution in [1.82, 2.24) is 9.78 Å². The summed E-state index contributed by atoms with van der Waals surface area (Å²) in [5, 5.41) is 7.54. The second kappa shape index (κ2) is 5.21. The molecule has 2 rings (SSSR count). The zero-order chi connectivity index (χ0) is 12.4. The van der Waals surface area contributed by atoms with Crippen LogP contribution in [0, 0.1) is 5.92 Å². The van der Waals surface area contributed by atoms with Gasteiger partial charge >= 0.3 is 0 Å². The van der Waals surface area contributed by atoms with Gasteiger partial charge in [-0.15, -0.1) is 0 Å². The minimum atomic E-state index is -0.0504. The zero-order valence-corrected chi connectivity index (χ0v) is 11.8. The molecule has 0 amide bonds. The van der Waals surface area contributed by atoms with Crippen LogP contribution in [-0.2, 0) is 6.54 Å². The van der Waals surface area contributed by atoms with E-state index in [2.05, 4.69) is 33.3 Å². The summed E-state index contributed by atoms with van der Waals surface area (Å²) in [4.78, 5) is 11.9. The van der Waals surface area contributed by atoms with Crippen molar-refractivity contribution in [3.05, 3.63) is 21.0 Å². The zero-order valence-electron chi connectivity index (χ0n) is 10.2. The molecule has 0 bridgehead atoms. The van der Waals surface area contributed by atoms with Crippen molar-refractivity contribution in [2.45, 2.75) is 45.7 Å². The molecule has 1 saturated carbocycles. The summed E-state index contributed by atoms with van der Waals surface area (Å²) < 4.78 is 2.10. The summed E-state index contributed by atoms with van der Waals surface area (Å²) in [6.45, 7) is 4.89. The van der Waals surface area contributed by atoms with E-state index in [1.54, 1.807) is 6.20 Å². The van der Waals surface area contributed by atoms with Gasteiger partial charge in [-0.3, -0.25) is 4.79 Å². The largest absolute Gasteiger partial charge is 0.380 e. The van der Waals surface area contributed by atoms with Crippen LogP contribution >= 0.6 is 15.9 Å². The standard InChI is InChI=1S/C12H18BrN3O/c1-3-5-16-12(17)11(13)10(7-14-16)15-9-6-8(9)4-2/h7-9,15H,3-6H2,1-2H3. The van der Waals surface area contributed by atoms with Gasteiger partial charge in [-0.05, 0) is 34.7 Å². The number of anilines is 1. The highest BCUT2D eigenvalue weighted by Crippen LogP contribution is 2.36. The predicted octanol–water partition coefficient (Wildman–Crippen LogP) is 2.63. The molecule has 2 unspecified atom stereocenters. The van der Waals surface area contributed by atoms with E-state index in [0.717, 1.165) is 18.0 Å².